The van der Waals surface area contributed by atoms with Crippen molar-refractivity contribution in [3.8, 4) is 0 Å². The lowest BCUT2D eigenvalue weighted by Gasteiger charge is -1.98. The third kappa shape index (κ3) is 2.37. The number of nitrogens with zero attached hydrogens (tertiary/aromatic N) is 1. The van der Waals surface area contributed by atoms with Crippen LogP contribution in [-0.4, -0.2) is 4.92 Å². The van der Waals surface area contributed by atoms with Crippen molar-refractivity contribution in [2.45, 2.75) is 6.54 Å². The Morgan fingerprint density at radius 1 is 1.54 bits per heavy atom. The van der Waals surface area contributed by atoms with Crippen LogP contribution in [0.1, 0.15) is 5.56 Å². The molecule has 0 fully saturated rings. The minimum absolute atomic E-state index is 0. The Bertz CT molecular complexity index is 319. The van der Waals surface area contributed by atoms with Crippen LogP contribution in [0, 0.1) is 15.9 Å². The highest BCUT2D eigenvalue weighted by Gasteiger charge is 2.15. The normalized spacial score (nSPS) is 9.08. The number of benzene rings is 1. The van der Waals surface area contributed by atoms with Crippen molar-refractivity contribution in [1.29, 1.82) is 0 Å². The monoisotopic (exact) mass is 206 g/mol. The summed E-state index contributed by atoms with van der Waals surface area (Å²) in [6.07, 6.45) is 0. The Labute approximate surface area is 80.1 Å². The molecule has 0 heterocycles. The highest BCUT2D eigenvalue weighted by molar-refractivity contribution is 5.85. The van der Waals surface area contributed by atoms with E-state index in [0.717, 1.165) is 6.07 Å². The van der Waals surface area contributed by atoms with Crippen LogP contribution in [0.2, 0.25) is 0 Å². The second kappa shape index (κ2) is 4.74. The van der Waals surface area contributed by atoms with Gasteiger partial charge in [0.1, 0.15) is 0 Å². The molecule has 0 aliphatic rings. The first kappa shape index (κ1) is 11.8. The maximum absolute atomic E-state index is 13.0. The summed E-state index contributed by atoms with van der Waals surface area (Å²) in [5.74, 6) is -0.843. The van der Waals surface area contributed by atoms with E-state index in [1.54, 1.807) is 0 Å². The second-order valence-electron chi connectivity index (χ2n) is 2.21. The van der Waals surface area contributed by atoms with Crippen LogP contribution >= 0.6 is 12.4 Å². The Morgan fingerprint density at radius 2 is 2.15 bits per heavy atom. The molecule has 0 saturated carbocycles. The molecule has 0 aliphatic carbocycles. The Balaban J connectivity index is 0.00000144. The molecule has 4 nitrogen and oxygen atoms in total. The van der Waals surface area contributed by atoms with Crippen molar-refractivity contribution < 1.29 is 9.31 Å². The van der Waals surface area contributed by atoms with Crippen molar-refractivity contribution in [3.63, 3.8) is 0 Å². The maximum atomic E-state index is 13.0. The highest BCUT2D eigenvalue weighted by Crippen LogP contribution is 2.19. The summed E-state index contributed by atoms with van der Waals surface area (Å²) in [6.45, 7) is -0.0342. The molecular weight excluding hydrogens is 199 g/mol. The van der Waals surface area contributed by atoms with Gasteiger partial charge in [-0.05, 0) is 0 Å². The lowest BCUT2D eigenvalue weighted by atomic mass is 10.2. The topological polar surface area (TPSA) is 69.2 Å². The van der Waals surface area contributed by atoms with Gasteiger partial charge in [-0.3, -0.25) is 10.1 Å². The molecule has 0 bridgehead atoms. The highest BCUT2D eigenvalue weighted by atomic mass is 35.5. The smallest absolute Gasteiger partial charge is 0.305 e. The zero-order valence-corrected chi connectivity index (χ0v) is 7.38. The number of nitro groups is 1. The van der Waals surface area contributed by atoms with Gasteiger partial charge >= 0.3 is 5.69 Å². The molecule has 1 rings (SSSR count). The van der Waals surface area contributed by atoms with Gasteiger partial charge in [-0.15, -0.1) is 12.4 Å². The molecule has 0 aromatic heterocycles. The van der Waals surface area contributed by atoms with E-state index in [-0.39, 0.29) is 24.5 Å². The minimum atomic E-state index is -0.843. The number of hydrogen-bond donors (Lipinski definition) is 1. The van der Waals surface area contributed by atoms with E-state index in [4.69, 9.17) is 5.73 Å². The number of nitrogens with two attached hydrogens (primary N) is 1. The average molecular weight is 207 g/mol. The third-order valence-corrected chi connectivity index (χ3v) is 1.47. The van der Waals surface area contributed by atoms with E-state index in [9.17, 15) is 14.5 Å². The first-order valence-corrected chi connectivity index (χ1v) is 3.28. The van der Waals surface area contributed by atoms with Crippen molar-refractivity contribution in [3.05, 3.63) is 39.7 Å². The quantitative estimate of drug-likeness (QED) is 0.591. The van der Waals surface area contributed by atoms with Gasteiger partial charge in [-0.2, -0.15) is 4.39 Å². The number of hydrogen-bond acceptors (Lipinski definition) is 3. The Kier molecular flexibility index (Phi) is 4.30. The number of rotatable bonds is 2. The molecule has 0 saturated heterocycles. The molecule has 0 radical (unpaired) electrons. The molecule has 2 N–H and O–H groups in total. The van der Waals surface area contributed by atoms with Crippen molar-refractivity contribution in [2.24, 2.45) is 5.73 Å². The molecule has 0 atom stereocenters. The summed E-state index contributed by atoms with van der Waals surface area (Å²) in [5, 5.41) is 10.2. The molecule has 0 amide bonds. The minimum Gasteiger partial charge on any atom is -0.326 e. The fourth-order valence-electron chi connectivity index (χ4n) is 0.865. The summed E-state index contributed by atoms with van der Waals surface area (Å²) in [5.41, 5.74) is 4.78. The molecule has 13 heavy (non-hydrogen) atoms. The van der Waals surface area contributed by atoms with E-state index in [1.165, 1.54) is 12.1 Å². The van der Waals surface area contributed by atoms with E-state index < -0.39 is 16.4 Å². The van der Waals surface area contributed by atoms with E-state index in [1.807, 2.05) is 0 Å². The van der Waals surface area contributed by atoms with Crippen LogP contribution in [0.15, 0.2) is 18.2 Å². The maximum Gasteiger partial charge on any atom is 0.305 e. The van der Waals surface area contributed by atoms with Gasteiger partial charge in [0.2, 0.25) is 5.82 Å². The Hall–Kier alpha value is -1.20. The first-order valence-electron chi connectivity index (χ1n) is 3.28. The van der Waals surface area contributed by atoms with Gasteiger partial charge in [0.25, 0.3) is 0 Å². The SMILES string of the molecule is Cl.NCc1cccc([N+](=O)[O-])c1F. The number of nitro benzene ring substituents is 1. The third-order valence-electron chi connectivity index (χ3n) is 1.47. The van der Waals surface area contributed by atoms with Crippen LogP contribution in [0.4, 0.5) is 10.1 Å². The van der Waals surface area contributed by atoms with Crippen LogP contribution in [0.25, 0.3) is 0 Å². The van der Waals surface area contributed by atoms with E-state index >= 15 is 0 Å². The predicted octanol–water partition coefficient (Wildman–Crippen LogP) is 1.61. The molecule has 1 aromatic rings. The summed E-state index contributed by atoms with van der Waals surface area (Å²) in [6, 6.07) is 3.93. The van der Waals surface area contributed by atoms with Gasteiger partial charge in [0.05, 0.1) is 4.92 Å². The fraction of sp³-hybridized carbons (Fsp3) is 0.143. The lowest BCUT2D eigenvalue weighted by Crippen LogP contribution is -2.02. The molecule has 72 valence electrons. The average Bonchev–Trinajstić information content (AvgIpc) is 2.04. The zero-order chi connectivity index (χ0) is 9.14. The fourth-order valence-corrected chi connectivity index (χ4v) is 0.865. The van der Waals surface area contributed by atoms with Gasteiger partial charge < -0.3 is 5.73 Å². The molecule has 0 aliphatic heterocycles. The second-order valence-corrected chi connectivity index (χ2v) is 2.21. The Morgan fingerprint density at radius 3 is 2.62 bits per heavy atom. The van der Waals surface area contributed by atoms with Crippen LogP contribution in [0.5, 0.6) is 0 Å². The summed E-state index contributed by atoms with van der Waals surface area (Å²) in [7, 11) is 0. The summed E-state index contributed by atoms with van der Waals surface area (Å²) >= 11 is 0. The van der Waals surface area contributed by atoms with E-state index in [0.29, 0.717) is 0 Å². The zero-order valence-electron chi connectivity index (χ0n) is 6.57. The summed E-state index contributed by atoms with van der Waals surface area (Å²) < 4.78 is 13.0. The predicted molar refractivity (Wildman–Crippen MR) is 48.2 cm³/mol. The number of halogens is 2. The lowest BCUT2D eigenvalue weighted by molar-refractivity contribution is -0.387. The van der Waals surface area contributed by atoms with E-state index in [2.05, 4.69) is 0 Å². The molecule has 0 unspecified atom stereocenters. The van der Waals surface area contributed by atoms with Crippen molar-refractivity contribution >= 4 is 18.1 Å². The molecule has 6 heteroatoms. The van der Waals surface area contributed by atoms with Gasteiger partial charge in [0, 0.05) is 18.2 Å². The van der Waals surface area contributed by atoms with Gasteiger partial charge in [0.15, 0.2) is 0 Å². The first-order chi connectivity index (χ1) is 5.66. The van der Waals surface area contributed by atoms with Crippen molar-refractivity contribution in [2.75, 3.05) is 0 Å². The van der Waals surface area contributed by atoms with Crippen LogP contribution in [-0.2, 0) is 6.54 Å². The standard InChI is InChI=1S/C7H7FN2O2.ClH/c8-7-5(4-9)2-1-3-6(7)10(11)12;/h1-3H,4,9H2;1H. The largest absolute Gasteiger partial charge is 0.326 e. The van der Waals surface area contributed by atoms with Crippen LogP contribution < -0.4 is 5.73 Å². The molecule has 0 spiro atoms. The van der Waals surface area contributed by atoms with Gasteiger partial charge in [-0.1, -0.05) is 12.1 Å². The molecular formula is C7H8ClFN2O2. The van der Waals surface area contributed by atoms with Crippen molar-refractivity contribution in [1.82, 2.24) is 0 Å². The molecule has 1 aromatic carbocycles. The van der Waals surface area contributed by atoms with Crippen LogP contribution in [0.3, 0.4) is 0 Å². The summed E-state index contributed by atoms with van der Waals surface area (Å²) in [4.78, 5) is 9.45. The van der Waals surface area contributed by atoms with Gasteiger partial charge in [-0.25, -0.2) is 0 Å².